The van der Waals surface area contributed by atoms with Crippen LogP contribution in [0.25, 0.3) is 0 Å². The summed E-state index contributed by atoms with van der Waals surface area (Å²) in [7, 11) is 1.84. The molecule has 1 atom stereocenters. The van der Waals surface area contributed by atoms with Gasteiger partial charge in [-0.15, -0.1) is 0 Å². The predicted molar refractivity (Wildman–Crippen MR) is 85.8 cm³/mol. The second-order valence-corrected chi connectivity index (χ2v) is 5.86. The molecule has 116 valence electrons. The van der Waals surface area contributed by atoms with Crippen LogP contribution in [0.4, 0.5) is 5.69 Å². The van der Waals surface area contributed by atoms with E-state index in [1.807, 2.05) is 19.2 Å². The molecular weight excluding hydrogens is 264 g/mol. The summed E-state index contributed by atoms with van der Waals surface area (Å²) >= 11 is 0. The maximum atomic E-state index is 12.7. The molecule has 1 fully saturated rings. The second kappa shape index (κ2) is 7.05. The van der Waals surface area contributed by atoms with Crippen LogP contribution in [0.2, 0.25) is 0 Å². The Balaban J connectivity index is 2.10. The van der Waals surface area contributed by atoms with Crippen LogP contribution < -0.4 is 4.90 Å². The third kappa shape index (κ3) is 3.63. The van der Waals surface area contributed by atoms with Crippen molar-refractivity contribution in [3.05, 3.63) is 29.8 Å². The van der Waals surface area contributed by atoms with E-state index in [-0.39, 0.29) is 11.9 Å². The number of morpholine rings is 1. The van der Waals surface area contributed by atoms with E-state index in [0.29, 0.717) is 19.1 Å². The van der Waals surface area contributed by atoms with E-state index >= 15 is 0 Å². The van der Waals surface area contributed by atoms with Crippen molar-refractivity contribution in [3.8, 4) is 0 Å². The number of anilines is 1. The van der Waals surface area contributed by atoms with Gasteiger partial charge in [-0.3, -0.25) is 9.69 Å². The normalized spacial score (nSPS) is 19.8. The Bertz CT molecular complexity index is 470. The van der Waals surface area contributed by atoms with Gasteiger partial charge >= 0.3 is 0 Å². The van der Waals surface area contributed by atoms with Crippen molar-refractivity contribution in [3.63, 3.8) is 0 Å². The highest BCUT2D eigenvalue weighted by atomic mass is 16.5. The van der Waals surface area contributed by atoms with Gasteiger partial charge in [-0.25, -0.2) is 0 Å². The Morgan fingerprint density at radius 2 is 2.05 bits per heavy atom. The zero-order chi connectivity index (χ0) is 15.4. The van der Waals surface area contributed by atoms with E-state index in [4.69, 9.17) is 4.74 Å². The van der Waals surface area contributed by atoms with Crippen molar-refractivity contribution < 1.29 is 9.53 Å². The zero-order valence-corrected chi connectivity index (χ0v) is 13.5. The minimum absolute atomic E-state index is 0.105. The highest BCUT2D eigenvalue weighted by Crippen LogP contribution is 2.21. The van der Waals surface area contributed by atoms with E-state index in [0.717, 1.165) is 18.8 Å². The molecule has 0 aromatic heterocycles. The molecular formula is C17H26N2O2. The van der Waals surface area contributed by atoms with E-state index in [1.165, 1.54) is 5.56 Å². The fourth-order valence-corrected chi connectivity index (χ4v) is 2.68. The Morgan fingerprint density at radius 1 is 1.38 bits per heavy atom. The van der Waals surface area contributed by atoms with Gasteiger partial charge < -0.3 is 9.64 Å². The molecule has 0 radical (unpaired) electrons. The number of nitrogens with zero attached hydrogens (tertiary/aromatic N) is 2. The number of rotatable bonds is 4. The van der Waals surface area contributed by atoms with Gasteiger partial charge in [0.2, 0.25) is 5.91 Å². The molecule has 21 heavy (non-hydrogen) atoms. The first-order valence-electron chi connectivity index (χ1n) is 7.74. The largest absolute Gasteiger partial charge is 0.378 e. The van der Waals surface area contributed by atoms with Crippen molar-refractivity contribution >= 4 is 11.6 Å². The Morgan fingerprint density at radius 3 is 2.62 bits per heavy atom. The molecule has 4 heteroatoms. The number of amides is 1. The topological polar surface area (TPSA) is 32.8 Å². The molecule has 2 rings (SSSR count). The highest BCUT2D eigenvalue weighted by Gasteiger charge is 2.30. The van der Waals surface area contributed by atoms with Crippen LogP contribution >= 0.6 is 0 Å². The van der Waals surface area contributed by atoms with Crippen molar-refractivity contribution in [2.45, 2.75) is 32.7 Å². The molecule has 1 amide bonds. The molecule has 1 aromatic rings. The number of carbonyl (C=O) groups is 1. The molecule has 1 heterocycles. The summed E-state index contributed by atoms with van der Waals surface area (Å²) in [6.45, 7) is 9.33. The lowest BCUT2D eigenvalue weighted by molar-refractivity contribution is -0.129. The molecule has 0 N–H and O–H groups in total. The first-order chi connectivity index (χ1) is 10.0. The Kier molecular flexibility index (Phi) is 5.37. The molecule has 1 saturated heterocycles. The second-order valence-electron chi connectivity index (χ2n) is 5.86. The average Bonchev–Trinajstić information content (AvgIpc) is 2.53. The smallest absolute Gasteiger partial charge is 0.246 e. The molecule has 4 nitrogen and oxygen atoms in total. The molecule has 0 saturated carbocycles. The fraction of sp³-hybridized carbons (Fsp3) is 0.588. The Labute approximate surface area is 127 Å². The summed E-state index contributed by atoms with van der Waals surface area (Å²) in [6, 6.07) is 8.07. The van der Waals surface area contributed by atoms with Crippen LogP contribution in [0.5, 0.6) is 0 Å². The minimum atomic E-state index is -0.168. The first-order valence-corrected chi connectivity index (χ1v) is 7.74. The monoisotopic (exact) mass is 290 g/mol. The first kappa shape index (κ1) is 16.0. The van der Waals surface area contributed by atoms with Crippen LogP contribution in [0, 0.1) is 0 Å². The summed E-state index contributed by atoms with van der Waals surface area (Å²) in [5.74, 6) is 0.608. The standard InChI is InChI=1S/C17H26N2O2/c1-5-19-10-11-21-12-16(19)17(20)18(4)15-8-6-14(7-9-15)13(2)3/h6-9,13,16H,5,10-12H2,1-4H3. The van der Waals surface area contributed by atoms with E-state index in [9.17, 15) is 4.79 Å². The number of benzene rings is 1. The van der Waals surface area contributed by atoms with Gasteiger partial charge in [-0.05, 0) is 30.2 Å². The van der Waals surface area contributed by atoms with Gasteiger partial charge in [0.05, 0.1) is 13.2 Å². The van der Waals surface area contributed by atoms with Crippen LogP contribution in [-0.2, 0) is 9.53 Å². The van der Waals surface area contributed by atoms with Crippen molar-refractivity contribution in [2.24, 2.45) is 0 Å². The number of likely N-dealkylation sites (N-methyl/N-ethyl adjacent to an activating group) is 2. The van der Waals surface area contributed by atoms with Gasteiger partial charge in [0, 0.05) is 19.3 Å². The third-order valence-corrected chi connectivity index (χ3v) is 4.21. The molecule has 0 spiro atoms. The van der Waals surface area contributed by atoms with Gasteiger partial charge in [0.25, 0.3) is 0 Å². The van der Waals surface area contributed by atoms with Gasteiger partial charge in [0.1, 0.15) is 6.04 Å². The lowest BCUT2D eigenvalue weighted by atomic mass is 10.0. The molecule has 1 aromatic carbocycles. The van der Waals surface area contributed by atoms with Gasteiger partial charge in [0.15, 0.2) is 0 Å². The van der Waals surface area contributed by atoms with Crippen molar-refractivity contribution in [2.75, 3.05) is 38.3 Å². The maximum Gasteiger partial charge on any atom is 0.246 e. The lowest BCUT2D eigenvalue weighted by Gasteiger charge is -2.35. The van der Waals surface area contributed by atoms with Crippen molar-refractivity contribution in [1.29, 1.82) is 0 Å². The third-order valence-electron chi connectivity index (χ3n) is 4.21. The summed E-state index contributed by atoms with van der Waals surface area (Å²) in [5.41, 5.74) is 2.22. The molecule has 0 aliphatic carbocycles. The molecule has 1 aliphatic heterocycles. The quantitative estimate of drug-likeness (QED) is 0.854. The number of ether oxygens (including phenoxy) is 1. The van der Waals surface area contributed by atoms with E-state index in [2.05, 4.69) is 37.8 Å². The van der Waals surface area contributed by atoms with E-state index < -0.39 is 0 Å². The zero-order valence-electron chi connectivity index (χ0n) is 13.5. The summed E-state index contributed by atoms with van der Waals surface area (Å²) in [4.78, 5) is 16.6. The fourth-order valence-electron chi connectivity index (χ4n) is 2.68. The number of carbonyl (C=O) groups excluding carboxylic acids is 1. The van der Waals surface area contributed by atoms with E-state index in [1.54, 1.807) is 4.90 Å². The summed E-state index contributed by atoms with van der Waals surface area (Å²) in [5, 5.41) is 0. The molecule has 1 unspecified atom stereocenters. The maximum absolute atomic E-state index is 12.7. The molecule has 0 bridgehead atoms. The highest BCUT2D eigenvalue weighted by molar-refractivity contribution is 5.96. The molecule has 1 aliphatic rings. The van der Waals surface area contributed by atoms with Gasteiger partial charge in [-0.1, -0.05) is 32.9 Å². The lowest BCUT2D eigenvalue weighted by Crippen LogP contribution is -2.54. The Hall–Kier alpha value is -1.39. The van der Waals surface area contributed by atoms with Crippen LogP contribution in [0.15, 0.2) is 24.3 Å². The average molecular weight is 290 g/mol. The van der Waals surface area contributed by atoms with Crippen LogP contribution in [-0.4, -0.2) is 50.2 Å². The summed E-state index contributed by atoms with van der Waals surface area (Å²) in [6.07, 6.45) is 0. The SMILES string of the molecule is CCN1CCOCC1C(=O)N(C)c1ccc(C(C)C)cc1. The van der Waals surface area contributed by atoms with Crippen LogP contribution in [0.1, 0.15) is 32.3 Å². The van der Waals surface area contributed by atoms with Crippen LogP contribution in [0.3, 0.4) is 0 Å². The summed E-state index contributed by atoms with van der Waals surface area (Å²) < 4.78 is 5.48. The number of hydrogen-bond donors (Lipinski definition) is 0. The predicted octanol–water partition coefficient (Wildman–Crippen LogP) is 2.49. The van der Waals surface area contributed by atoms with Gasteiger partial charge in [-0.2, -0.15) is 0 Å². The minimum Gasteiger partial charge on any atom is -0.378 e. The number of hydrogen-bond acceptors (Lipinski definition) is 3. The van der Waals surface area contributed by atoms with Crippen molar-refractivity contribution in [1.82, 2.24) is 4.90 Å².